The van der Waals surface area contributed by atoms with Crippen molar-refractivity contribution >= 4 is 25.8 Å². The summed E-state index contributed by atoms with van der Waals surface area (Å²) in [6.45, 7) is 3.72. The van der Waals surface area contributed by atoms with Crippen molar-refractivity contribution in [3.8, 4) is 11.1 Å². The second kappa shape index (κ2) is 9.47. The first kappa shape index (κ1) is 24.4. The molecule has 180 valence electrons. The van der Waals surface area contributed by atoms with Crippen molar-refractivity contribution in [1.29, 1.82) is 0 Å². The molecule has 34 heavy (non-hydrogen) atoms. The lowest BCUT2D eigenvalue weighted by molar-refractivity contribution is -0.161. The van der Waals surface area contributed by atoms with Gasteiger partial charge in [0, 0.05) is 6.54 Å². The molecule has 1 unspecified atom stereocenters. The fourth-order valence-electron chi connectivity index (χ4n) is 3.83. The molecule has 0 bridgehead atoms. The Labute approximate surface area is 201 Å². The van der Waals surface area contributed by atoms with E-state index >= 15 is 0 Å². The normalized spacial score (nSPS) is 19.6. The Morgan fingerprint density at radius 1 is 1.12 bits per heavy atom. The van der Waals surface area contributed by atoms with Gasteiger partial charge < -0.3 is 15.6 Å². The van der Waals surface area contributed by atoms with Gasteiger partial charge in [0.05, 0.1) is 28.1 Å². The van der Waals surface area contributed by atoms with Crippen molar-refractivity contribution < 1.29 is 23.1 Å². The highest BCUT2D eigenvalue weighted by Gasteiger charge is 2.46. The molecule has 2 heterocycles. The van der Waals surface area contributed by atoms with Gasteiger partial charge in [0.1, 0.15) is 24.9 Å². The third-order valence-electron chi connectivity index (χ3n) is 5.65. The number of carboxylic acid groups (broad SMARTS) is 1. The summed E-state index contributed by atoms with van der Waals surface area (Å²) >= 11 is 0. The Morgan fingerprint density at radius 3 is 2.24 bits per heavy atom. The molecule has 1 fully saturated rings. The summed E-state index contributed by atoms with van der Waals surface area (Å²) in [5.41, 5.74) is 7.80. The lowest BCUT2D eigenvalue weighted by atomic mass is 9.97. The zero-order valence-corrected chi connectivity index (χ0v) is 20.2. The van der Waals surface area contributed by atoms with Crippen molar-refractivity contribution in [2.45, 2.75) is 36.6 Å². The highest BCUT2D eigenvalue weighted by molar-refractivity contribution is 8.71. The highest BCUT2D eigenvalue weighted by Crippen LogP contribution is 2.36. The third-order valence-corrected chi connectivity index (χ3v) is 9.02. The summed E-state index contributed by atoms with van der Waals surface area (Å²) in [5, 5.41) is 17.2. The summed E-state index contributed by atoms with van der Waals surface area (Å²) in [5.74, 6) is -1.13. The van der Waals surface area contributed by atoms with E-state index in [9.17, 15) is 18.3 Å². The molecule has 0 radical (unpaired) electrons. The van der Waals surface area contributed by atoms with Gasteiger partial charge in [-0.25, -0.2) is 12.7 Å². The minimum atomic E-state index is -3.83. The number of aromatic nitrogens is 3. The van der Waals surface area contributed by atoms with E-state index in [1.165, 1.54) is 16.4 Å². The van der Waals surface area contributed by atoms with Crippen molar-refractivity contribution in [1.82, 2.24) is 19.1 Å². The minimum Gasteiger partial charge on any atom is -0.480 e. The molecular weight excluding hydrogens is 478 g/mol. The van der Waals surface area contributed by atoms with Gasteiger partial charge in [-0.05, 0) is 42.7 Å². The first-order chi connectivity index (χ1) is 16.1. The van der Waals surface area contributed by atoms with E-state index in [1.54, 1.807) is 43.2 Å². The van der Waals surface area contributed by atoms with Crippen LogP contribution in [0.3, 0.4) is 0 Å². The number of hydrogen-bond acceptors (Lipinski definition) is 9. The predicted molar refractivity (Wildman–Crippen MR) is 127 cm³/mol. The molecule has 1 aliphatic heterocycles. The first-order valence-electron chi connectivity index (χ1n) is 10.5. The highest BCUT2D eigenvalue weighted by atomic mass is 33.1. The molecular formula is C22H25N5O5S2. The molecule has 0 saturated carbocycles. The quantitative estimate of drug-likeness (QED) is 0.364. The van der Waals surface area contributed by atoms with Gasteiger partial charge in [0.2, 0.25) is 8.87 Å². The van der Waals surface area contributed by atoms with Crippen molar-refractivity contribution in [2.75, 3.05) is 13.2 Å². The Kier molecular flexibility index (Phi) is 6.78. The monoisotopic (exact) mass is 503 g/mol. The summed E-state index contributed by atoms with van der Waals surface area (Å²) in [6.07, 6.45) is 2.69. The molecule has 1 aromatic heterocycles. The first-order valence-corrected chi connectivity index (χ1v) is 13.2. The van der Waals surface area contributed by atoms with Crippen LogP contribution in [0.2, 0.25) is 0 Å². The average Bonchev–Trinajstić information content (AvgIpc) is 3.33. The smallest absolute Gasteiger partial charge is 0.324 e. The van der Waals surface area contributed by atoms with E-state index in [-0.39, 0.29) is 18.0 Å². The summed E-state index contributed by atoms with van der Waals surface area (Å²) in [6, 6.07) is 13.0. The number of benzene rings is 2. The molecule has 3 aromatic rings. The molecule has 0 spiro atoms. The number of carbonyl (C=O) groups is 1. The second-order valence-electron chi connectivity index (χ2n) is 8.36. The van der Waals surface area contributed by atoms with Crippen LogP contribution in [0.15, 0.2) is 66.1 Å². The molecule has 0 amide bonds. The maximum Gasteiger partial charge on any atom is 0.324 e. The Bertz CT molecular complexity index is 1250. The zero-order chi connectivity index (χ0) is 24.5. The Hall–Kier alpha value is -2.77. The van der Waals surface area contributed by atoms with Crippen LogP contribution in [0.4, 0.5) is 0 Å². The zero-order valence-electron chi connectivity index (χ0n) is 18.6. The molecule has 1 aliphatic rings. The van der Waals surface area contributed by atoms with Gasteiger partial charge in [-0.2, -0.15) is 0 Å². The van der Waals surface area contributed by atoms with E-state index in [4.69, 9.17) is 10.5 Å². The van der Waals surface area contributed by atoms with Crippen LogP contribution in [0.1, 0.15) is 25.6 Å². The van der Waals surface area contributed by atoms with Gasteiger partial charge in [0.15, 0.2) is 0 Å². The number of nitrogens with two attached hydrogens (primary N) is 1. The number of aliphatic carboxylic acids is 1. The lowest BCUT2D eigenvalue weighted by Gasteiger charge is -2.42. The number of hydrogen-bond donors (Lipinski definition) is 2. The molecule has 2 aromatic carbocycles. The molecule has 10 nitrogen and oxygen atoms in total. The number of nitrogens with zero attached hydrogens (tertiary/aromatic N) is 4. The summed E-state index contributed by atoms with van der Waals surface area (Å²) < 4.78 is 34.7. The molecule has 12 heteroatoms. The van der Waals surface area contributed by atoms with Crippen LogP contribution in [-0.4, -0.2) is 63.4 Å². The SMILES string of the molecule is CC1(C)OCCN(SS(=O)(=O)c2ccc(-c3ccc(C(N)n4cnnc4)cc3)cc2)[C@@H]1C(=O)O. The van der Waals surface area contributed by atoms with Gasteiger partial charge >= 0.3 is 5.97 Å². The number of morpholine rings is 1. The fraction of sp³-hybridized carbons (Fsp3) is 0.318. The maximum atomic E-state index is 13.0. The topological polar surface area (TPSA) is 141 Å². The van der Waals surface area contributed by atoms with Crippen molar-refractivity contribution in [2.24, 2.45) is 5.73 Å². The fourth-order valence-corrected chi connectivity index (χ4v) is 7.05. The summed E-state index contributed by atoms with van der Waals surface area (Å²) in [7, 11) is -3.29. The van der Waals surface area contributed by atoms with Gasteiger partial charge in [-0.3, -0.25) is 9.36 Å². The second-order valence-corrected chi connectivity index (χ2v) is 12.1. The van der Waals surface area contributed by atoms with E-state index in [0.29, 0.717) is 11.0 Å². The molecule has 0 aliphatic carbocycles. The van der Waals surface area contributed by atoms with Crippen LogP contribution in [-0.2, 0) is 18.4 Å². The minimum absolute atomic E-state index is 0.0981. The van der Waals surface area contributed by atoms with E-state index in [2.05, 4.69) is 10.2 Å². The lowest BCUT2D eigenvalue weighted by Crippen LogP contribution is -2.58. The Balaban J connectivity index is 1.50. The third kappa shape index (κ3) is 5.00. The summed E-state index contributed by atoms with van der Waals surface area (Å²) in [4.78, 5) is 11.9. The molecule has 1 saturated heterocycles. The number of ether oxygens (including phenoxy) is 1. The maximum absolute atomic E-state index is 13.0. The van der Waals surface area contributed by atoms with E-state index in [1.807, 2.05) is 24.3 Å². The van der Waals surface area contributed by atoms with E-state index in [0.717, 1.165) is 16.7 Å². The standard InChI is InChI=1S/C22H25N5O5S2/c1-22(2)19(21(28)29)27(11-12-32-22)33-34(30,31)18-9-7-16(8-10-18)15-3-5-17(6-4-15)20(23)26-13-24-25-14-26/h3-10,13-14,19-20H,11-12,23H2,1-2H3,(H,28,29)/t19-,20?/m1/s1. The van der Waals surface area contributed by atoms with Crippen LogP contribution in [0.5, 0.6) is 0 Å². The average molecular weight is 504 g/mol. The van der Waals surface area contributed by atoms with Crippen molar-refractivity contribution in [3.63, 3.8) is 0 Å². The van der Waals surface area contributed by atoms with Crippen LogP contribution in [0.25, 0.3) is 11.1 Å². The van der Waals surface area contributed by atoms with Crippen LogP contribution in [0, 0.1) is 0 Å². The number of carboxylic acids is 1. The van der Waals surface area contributed by atoms with Gasteiger partial charge in [-0.1, -0.05) is 36.4 Å². The van der Waals surface area contributed by atoms with Gasteiger partial charge in [-0.15, -0.1) is 10.2 Å². The number of rotatable bonds is 7. The molecule has 2 atom stereocenters. The Morgan fingerprint density at radius 2 is 1.68 bits per heavy atom. The predicted octanol–water partition coefficient (Wildman–Crippen LogP) is 2.35. The van der Waals surface area contributed by atoms with Crippen LogP contribution >= 0.6 is 11.0 Å². The molecule has 4 rings (SSSR count). The van der Waals surface area contributed by atoms with Gasteiger partial charge in [0.25, 0.3) is 0 Å². The largest absolute Gasteiger partial charge is 0.480 e. The van der Waals surface area contributed by atoms with Crippen LogP contribution < -0.4 is 5.73 Å². The van der Waals surface area contributed by atoms with E-state index < -0.39 is 32.6 Å². The molecule has 3 N–H and O–H groups in total. The van der Waals surface area contributed by atoms with Crippen molar-refractivity contribution in [3.05, 3.63) is 66.7 Å².